The predicted octanol–water partition coefficient (Wildman–Crippen LogP) is 5.15. The van der Waals surface area contributed by atoms with Crippen molar-refractivity contribution in [1.82, 2.24) is 0 Å². The summed E-state index contributed by atoms with van der Waals surface area (Å²) in [6.07, 6.45) is -0.288. The van der Waals surface area contributed by atoms with E-state index in [9.17, 15) is 5.11 Å². The van der Waals surface area contributed by atoms with Crippen molar-refractivity contribution in [2.75, 3.05) is 0 Å². The van der Waals surface area contributed by atoms with Crippen LogP contribution in [0.15, 0.2) is 97.1 Å². The van der Waals surface area contributed by atoms with E-state index in [1.165, 1.54) is 0 Å². The number of hydrogen-bond donors (Lipinski definition) is 1. The molecular weight excluding hydrogens is 320 g/mol. The van der Waals surface area contributed by atoms with E-state index in [0.29, 0.717) is 0 Å². The summed E-state index contributed by atoms with van der Waals surface area (Å²) in [5, 5.41) is 13.8. The summed E-state index contributed by atoms with van der Waals surface area (Å²) in [5.41, 5.74) is 3.61. The predicted molar refractivity (Wildman–Crippen MR) is 103 cm³/mol. The van der Waals surface area contributed by atoms with Crippen LogP contribution >= 0.6 is 0 Å². The van der Waals surface area contributed by atoms with Gasteiger partial charge in [-0.15, -0.1) is 0 Å². The molecule has 0 aromatic heterocycles. The first-order valence-electron chi connectivity index (χ1n) is 8.79. The fourth-order valence-electron chi connectivity index (χ4n) is 3.83. The third-order valence-corrected chi connectivity index (χ3v) is 5.14. The Kier molecular flexibility index (Phi) is 3.42. The van der Waals surface area contributed by atoms with Crippen LogP contribution in [0.2, 0.25) is 0 Å². The second kappa shape index (κ2) is 5.80. The molecule has 0 radical (unpaired) electrons. The van der Waals surface area contributed by atoms with Crippen LogP contribution in [-0.4, -0.2) is 5.11 Å². The van der Waals surface area contributed by atoms with Crippen LogP contribution in [0.1, 0.15) is 28.4 Å². The van der Waals surface area contributed by atoms with Crippen LogP contribution in [0.4, 0.5) is 0 Å². The minimum absolute atomic E-state index is 0.288. The van der Waals surface area contributed by atoms with Crippen LogP contribution < -0.4 is 0 Å². The molecule has 1 N–H and O–H groups in total. The average molecular weight is 338 g/mol. The lowest BCUT2D eigenvalue weighted by Gasteiger charge is -2.25. The van der Waals surface area contributed by atoms with Gasteiger partial charge in [-0.1, -0.05) is 91.0 Å². The van der Waals surface area contributed by atoms with Gasteiger partial charge in [-0.05, 0) is 28.0 Å². The third kappa shape index (κ3) is 2.27. The van der Waals surface area contributed by atoms with E-state index in [4.69, 9.17) is 4.74 Å². The number of benzene rings is 4. The molecule has 0 bridgehead atoms. The molecule has 2 atom stereocenters. The lowest BCUT2D eigenvalue weighted by Crippen LogP contribution is -2.26. The highest BCUT2D eigenvalue weighted by Crippen LogP contribution is 2.48. The number of ether oxygens (including phenoxy) is 1. The van der Waals surface area contributed by atoms with Crippen molar-refractivity contribution in [3.8, 4) is 0 Å². The van der Waals surface area contributed by atoms with Gasteiger partial charge in [0.15, 0.2) is 0 Å². The van der Waals surface area contributed by atoms with Crippen molar-refractivity contribution < 1.29 is 9.84 Å². The summed E-state index contributed by atoms with van der Waals surface area (Å²) in [6.45, 7) is 0. The molecule has 2 heteroatoms. The van der Waals surface area contributed by atoms with Crippen LogP contribution in [0, 0.1) is 0 Å². The zero-order chi connectivity index (χ0) is 17.6. The normalized spacial score (nSPS) is 21.7. The van der Waals surface area contributed by atoms with Crippen molar-refractivity contribution >= 4 is 10.8 Å². The van der Waals surface area contributed by atoms with Crippen molar-refractivity contribution in [3.63, 3.8) is 0 Å². The van der Waals surface area contributed by atoms with Gasteiger partial charge in [0, 0.05) is 11.1 Å². The highest BCUT2D eigenvalue weighted by atomic mass is 16.6. The van der Waals surface area contributed by atoms with Gasteiger partial charge in [0.2, 0.25) is 5.79 Å². The zero-order valence-corrected chi connectivity index (χ0v) is 14.2. The molecule has 0 amide bonds. The lowest BCUT2D eigenvalue weighted by molar-refractivity contribution is -0.183. The first-order chi connectivity index (χ1) is 12.8. The van der Waals surface area contributed by atoms with Gasteiger partial charge in [0.05, 0.1) is 0 Å². The summed E-state index contributed by atoms with van der Waals surface area (Å²) >= 11 is 0. The lowest BCUT2D eigenvalue weighted by atomic mass is 9.92. The van der Waals surface area contributed by atoms with Crippen molar-refractivity contribution in [1.29, 1.82) is 0 Å². The fourth-order valence-corrected chi connectivity index (χ4v) is 3.83. The Bertz CT molecular complexity index is 1090. The third-order valence-electron chi connectivity index (χ3n) is 5.14. The van der Waals surface area contributed by atoms with Gasteiger partial charge in [-0.25, -0.2) is 0 Å². The van der Waals surface area contributed by atoms with E-state index in [-0.39, 0.29) is 6.10 Å². The molecule has 1 aliphatic heterocycles. The average Bonchev–Trinajstić information content (AvgIpc) is 3.03. The maximum atomic E-state index is 11.6. The largest absolute Gasteiger partial charge is 0.358 e. The number of fused-ring (bicyclic) bond motifs is 2. The van der Waals surface area contributed by atoms with Crippen LogP contribution in [0.25, 0.3) is 10.8 Å². The molecule has 2 nitrogen and oxygen atoms in total. The Labute approximate surface area is 152 Å². The Balaban J connectivity index is 1.68. The van der Waals surface area contributed by atoms with E-state index in [2.05, 4.69) is 12.1 Å². The Hall–Kier alpha value is -2.94. The maximum Gasteiger partial charge on any atom is 0.221 e. The summed E-state index contributed by atoms with van der Waals surface area (Å²) in [5.74, 6) is -1.46. The fraction of sp³-hybridized carbons (Fsp3) is 0.0833. The van der Waals surface area contributed by atoms with Crippen LogP contribution in [0.5, 0.6) is 0 Å². The summed E-state index contributed by atoms with van der Waals surface area (Å²) in [6, 6.07) is 32.1. The zero-order valence-electron chi connectivity index (χ0n) is 14.2. The number of aliphatic hydroxyl groups is 1. The quantitative estimate of drug-likeness (QED) is 0.547. The van der Waals surface area contributed by atoms with E-state index >= 15 is 0 Å². The van der Waals surface area contributed by atoms with E-state index in [1.807, 2.05) is 84.9 Å². The van der Waals surface area contributed by atoms with E-state index in [0.717, 1.165) is 33.0 Å². The Morgan fingerprint density at radius 1 is 0.692 bits per heavy atom. The molecule has 0 aliphatic carbocycles. The second-order valence-electron chi connectivity index (χ2n) is 6.70. The summed E-state index contributed by atoms with van der Waals surface area (Å²) in [7, 11) is 0. The van der Waals surface area contributed by atoms with Gasteiger partial charge >= 0.3 is 0 Å². The molecule has 5 rings (SSSR count). The van der Waals surface area contributed by atoms with Crippen molar-refractivity contribution in [3.05, 3.63) is 119 Å². The monoisotopic (exact) mass is 338 g/mol. The molecule has 4 aromatic rings. The molecule has 4 aromatic carbocycles. The molecule has 126 valence electrons. The highest BCUT2D eigenvalue weighted by Gasteiger charge is 2.45. The van der Waals surface area contributed by atoms with Gasteiger partial charge in [0.25, 0.3) is 0 Å². The molecule has 0 saturated heterocycles. The molecule has 0 saturated carbocycles. The Morgan fingerprint density at radius 2 is 1.38 bits per heavy atom. The smallest absolute Gasteiger partial charge is 0.221 e. The van der Waals surface area contributed by atoms with Crippen LogP contribution in [-0.2, 0) is 10.5 Å². The first kappa shape index (κ1) is 15.3. The van der Waals surface area contributed by atoms with Gasteiger partial charge in [0.1, 0.15) is 6.10 Å². The SMILES string of the molecule is OC1(c2ccc3ccccc3c2)OC(c2ccccc2)c2ccccc21. The number of hydrogen-bond acceptors (Lipinski definition) is 2. The molecule has 1 aliphatic rings. The number of rotatable bonds is 2. The minimum atomic E-state index is -1.46. The summed E-state index contributed by atoms with van der Waals surface area (Å²) in [4.78, 5) is 0. The van der Waals surface area contributed by atoms with Crippen LogP contribution in [0.3, 0.4) is 0 Å². The molecule has 0 spiro atoms. The molecule has 1 heterocycles. The topological polar surface area (TPSA) is 29.5 Å². The van der Waals surface area contributed by atoms with Crippen molar-refractivity contribution in [2.24, 2.45) is 0 Å². The van der Waals surface area contributed by atoms with E-state index in [1.54, 1.807) is 0 Å². The van der Waals surface area contributed by atoms with Gasteiger partial charge in [-0.2, -0.15) is 0 Å². The van der Waals surface area contributed by atoms with Gasteiger partial charge < -0.3 is 9.84 Å². The molecule has 2 unspecified atom stereocenters. The van der Waals surface area contributed by atoms with E-state index < -0.39 is 5.79 Å². The first-order valence-corrected chi connectivity index (χ1v) is 8.79. The highest BCUT2D eigenvalue weighted by molar-refractivity contribution is 5.83. The van der Waals surface area contributed by atoms with Gasteiger partial charge in [-0.3, -0.25) is 0 Å². The standard InChI is InChI=1S/C24H18O2/c25-24(20-15-14-17-8-4-5-11-19(17)16-20)22-13-7-6-12-21(22)23(26-24)18-9-2-1-3-10-18/h1-16,23,25H. The maximum absolute atomic E-state index is 11.6. The summed E-state index contributed by atoms with van der Waals surface area (Å²) < 4.78 is 6.30. The molecular formula is C24H18O2. The second-order valence-corrected chi connectivity index (χ2v) is 6.70. The Morgan fingerprint density at radius 3 is 2.23 bits per heavy atom. The molecule has 26 heavy (non-hydrogen) atoms. The minimum Gasteiger partial charge on any atom is -0.358 e. The van der Waals surface area contributed by atoms with Crippen molar-refractivity contribution in [2.45, 2.75) is 11.9 Å². The molecule has 0 fully saturated rings.